The number of thiophene rings is 1. The first-order valence-electron chi connectivity index (χ1n) is 11.7. The summed E-state index contributed by atoms with van der Waals surface area (Å²) in [6.45, 7) is 6.75. The number of furan rings is 1. The number of hydrogen-bond donors (Lipinski definition) is 0. The summed E-state index contributed by atoms with van der Waals surface area (Å²) in [5, 5.41) is 2.58. The number of fused-ring (bicyclic) bond motifs is 3. The van der Waals surface area contributed by atoms with Crippen LogP contribution in [0.25, 0.3) is 53.9 Å². The average molecular weight is 459 g/mol. The Hall–Kier alpha value is -3.62. The highest BCUT2D eigenvalue weighted by molar-refractivity contribution is 7.25. The van der Waals surface area contributed by atoms with Gasteiger partial charge in [0.2, 0.25) is 0 Å². The van der Waals surface area contributed by atoms with Crippen molar-refractivity contribution in [3.05, 3.63) is 109 Å². The van der Waals surface area contributed by atoms with Crippen molar-refractivity contribution < 1.29 is 4.42 Å². The lowest BCUT2D eigenvalue weighted by Gasteiger charge is -2.19. The van der Waals surface area contributed by atoms with E-state index in [2.05, 4.69) is 118 Å². The molecule has 0 unspecified atom stereocenters. The molecule has 0 amide bonds. The first-order chi connectivity index (χ1) is 16.5. The van der Waals surface area contributed by atoms with Gasteiger partial charge in [-0.05, 0) is 46.9 Å². The van der Waals surface area contributed by atoms with Crippen LogP contribution in [0.15, 0.2) is 108 Å². The Balaban J connectivity index is 1.55. The lowest BCUT2D eigenvalue weighted by molar-refractivity contribution is 0.590. The molecule has 0 atom stereocenters. The Morgan fingerprint density at radius 3 is 2.03 bits per heavy atom. The van der Waals surface area contributed by atoms with Gasteiger partial charge in [0, 0.05) is 36.9 Å². The van der Waals surface area contributed by atoms with Gasteiger partial charge in [-0.1, -0.05) is 93.6 Å². The van der Waals surface area contributed by atoms with Crippen LogP contribution in [0.5, 0.6) is 0 Å². The van der Waals surface area contributed by atoms with Crippen molar-refractivity contribution >= 4 is 31.5 Å². The summed E-state index contributed by atoms with van der Waals surface area (Å²) in [7, 11) is 0. The summed E-state index contributed by atoms with van der Waals surface area (Å²) in [5.74, 6) is 1.81. The van der Waals surface area contributed by atoms with Crippen LogP contribution >= 0.6 is 11.3 Å². The molecule has 0 saturated carbocycles. The molecule has 2 heterocycles. The molecule has 0 spiro atoms. The van der Waals surface area contributed by atoms with Crippen LogP contribution in [-0.2, 0) is 5.41 Å². The summed E-state index contributed by atoms with van der Waals surface area (Å²) in [6, 6.07) is 36.8. The Kier molecular flexibility index (Phi) is 4.93. The van der Waals surface area contributed by atoms with Crippen LogP contribution < -0.4 is 0 Å². The van der Waals surface area contributed by atoms with Crippen molar-refractivity contribution in [2.45, 2.75) is 26.2 Å². The van der Waals surface area contributed by atoms with Crippen molar-refractivity contribution in [1.29, 1.82) is 0 Å². The highest BCUT2D eigenvalue weighted by Gasteiger charge is 2.19. The van der Waals surface area contributed by atoms with Crippen LogP contribution in [-0.4, -0.2) is 0 Å². The molecule has 166 valence electrons. The maximum Gasteiger partial charge on any atom is 0.142 e. The number of rotatable bonds is 3. The van der Waals surface area contributed by atoms with E-state index in [4.69, 9.17) is 4.42 Å². The Morgan fingerprint density at radius 2 is 1.26 bits per heavy atom. The third-order valence-electron chi connectivity index (χ3n) is 6.49. The van der Waals surface area contributed by atoms with Gasteiger partial charge in [-0.2, -0.15) is 0 Å². The zero-order chi connectivity index (χ0) is 23.3. The molecule has 0 radical (unpaired) electrons. The molecule has 6 aromatic rings. The minimum Gasteiger partial charge on any atom is -0.455 e. The molecule has 0 aliphatic rings. The minimum atomic E-state index is 0.123. The van der Waals surface area contributed by atoms with Crippen molar-refractivity contribution in [3.8, 4) is 33.8 Å². The lowest BCUT2D eigenvalue weighted by atomic mass is 9.86. The van der Waals surface area contributed by atoms with Crippen molar-refractivity contribution in [3.63, 3.8) is 0 Å². The monoisotopic (exact) mass is 458 g/mol. The molecule has 6 rings (SSSR count). The first-order valence-corrected chi connectivity index (χ1v) is 12.5. The van der Waals surface area contributed by atoms with Crippen molar-refractivity contribution in [2.75, 3.05) is 0 Å². The Bertz CT molecular complexity index is 1610. The zero-order valence-electron chi connectivity index (χ0n) is 19.6. The first kappa shape index (κ1) is 20.9. The highest BCUT2D eigenvalue weighted by Crippen LogP contribution is 2.42. The van der Waals surface area contributed by atoms with Gasteiger partial charge < -0.3 is 4.42 Å². The van der Waals surface area contributed by atoms with Crippen LogP contribution in [0.2, 0.25) is 0 Å². The summed E-state index contributed by atoms with van der Waals surface area (Å²) < 4.78 is 9.20. The molecular formula is C32H26OS. The van der Waals surface area contributed by atoms with Gasteiger partial charge in [-0.25, -0.2) is 0 Å². The third kappa shape index (κ3) is 3.65. The van der Waals surface area contributed by atoms with Gasteiger partial charge >= 0.3 is 0 Å². The maximum absolute atomic E-state index is 6.58. The largest absolute Gasteiger partial charge is 0.455 e. The zero-order valence-corrected chi connectivity index (χ0v) is 20.4. The van der Waals surface area contributed by atoms with Gasteiger partial charge in [-0.15, -0.1) is 11.3 Å². The number of benzene rings is 4. The van der Waals surface area contributed by atoms with E-state index in [9.17, 15) is 0 Å². The van der Waals surface area contributed by atoms with E-state index in [1.54, 1.807) is 0 Å². The second-order valence-electron chi connectivity index (χ2n) is 9.86. The molecule has 4 aromatic carbocycles. The van der Waals surface area contributed by atoms with Crippen molar-refractivity contribution in [1.82, 2.24) is 0 Å². The molecule has 0 saturated heterocycles. The lowest BCUT2D eigenvalue weighted by Crippen LogP contribution is -2.10. The molecular weight excluding hydrogens is 432 g/mol. The van der Waals surface area contributed by atoms with Crippen molar-refractivity contribution in [2.24, 2.45) is 0 Å². The maximum atomic E-state index is 6.58. The molecule has 34 heavy (non-hydrogen) atoms. The van der Waals surface area contributed by atoms with Crippen LogP contribution in [0.4, 0.5) is 0 Å². The van der Waals surface area contributed by atoms with Gasteiger partial charge in [0.25, 0.3) is 0 Å². The predicted octanol–water partition coefficient (Wildman–Crippen LogP) is 9.95. The quantitative estimate of drug-likeness (QED) is 0.257. The fourth-order valence-corrected chi connectivity index (χ4v) is 5.67. The SMILES string of the molecule is CC(C)(C)c1ccc(-c2cc(-c3ccccc3)oc2-c2ccc3sc4ccccc4c3c2)cc1. The Labute approximate surface area is 204 Å². The second kappa shape index (κ2) is 8.00. The highest BCUT2D eigenvalue weighted by atomic mass is 32.1. The van der Waals surface area contributed by atoms with E-state index in [1.807, 2.05) is 17.4 Å². The molecule has 0 aliphatic heterocycles. The predicted molar refractivity (Wildman–Crippen MR) is 147 cm³/mol. The minimum absolute atomic E-state index is 0.123. The van der Waals surface area contributed by atoms with Gasteiger partial charge in [-0.3, -0.25) is 0 Å². The molecule has 0 fully saturated rings. The van der Waals surface area contributed by atoms with E-state index in [0.29, 0.717) is 0 Å². The van der Waals surface area contributed by atoms with Gasteiger partial charge in [0.15, 0.2) is 0 Å². The second-order valence-corrected chi connectivity index (χ2v) is 10.9. The van der Waals surface area contributed by atoms with E-state index < -0.39 is 0 Å². The van der Waals surface area contributed by atoms with E-state index in [1.165, 1.54) is 31.3 Å². The summed E-state index contributed by atoms with van der Waals surface area (Å²) in [4.78, 5) is 0. The molecule has 0 N–H and O–H groups in total. The Morgan fingerprint density at radius 1 is 0.588 bits per heavy atom. The molecule has 2 aromatic heterocycles. The molecule has 0 bridgehead atoms. The standard InChI is InChI=1S/C32H26OS/c1-32(2,3)24-16-13-21(14-17-24)26-20-28(22-9-5-4-6-10-22)33-31(26)23-15-18-30-27(19-23)25-11-7-8-12-29(25)34-30/h4-20H,1-3H3. The number of hydrogen-bond acceptors (Lipinski definition) is 2. The average Bonchev–Trinajstić information content (AvgIpc) is 3.46. The molecule has 2 heteroatoms. The third-order valence-corrected chi connectivity index (χ3v) is 7.64. The smallest absolute Gasteiger partial charge is 0.142 e. The summed E-state index contributed by atoms with van der Waals surface area (Å²) in [6.07, 6.45) is 0. The normalized spacial score (nSPS) is 12.0. The topological polar surface area (TPSA) is 13.1 Å². The van der Waals surface area contributed by atoms with E-state index in [-0.39, 0.29) is 5.41 Å². The fraction of sp³-hybridized carbons (Fsp3) is 0.125. The molecule has 1 nitrogen and oxygen atoms in total. The van der Waals surface area contributed by atoms with Crippen LogP contribution in [0, 0.1) is 0 Å². The van der Waals surface area contributed by atoms with E-state index >= 15 is 0 Å². The molecule has 0 aliphatic carbocycles. The van der Waals surface area contributed by atoms with Crippen LogP contribution in [0.1, 0.15) is 26.3 Å². The van der Waals surface area contributed by atoms with Gasteiger partial charge in [0.05, 0.1) is 0 Å². The summed E-state index contributed by atoms with van der Waals surface area (Å²) >= 11 is 1.84. The van der Waals surface area contributed by atoms with E-state index in [0.717, 1.165) is 28.2 Å². The van der Waals surface area contributed by atoms with Crippen LogP contribution in [0.3, 0.4) is 0 Å². The fourth-order valence-electron chi connectivity index (χ4n) is 4.58. The summed E-state index contributed by atoms with van der Waals surface area (Å²) in [5.41, 5.74) is 5.94. The van der Waals surface area contributed by atoms with Gasteiger partial charge in [0.1, 0.15) is 11.5 Å².